The molecule has 7 nitrogen and oxygen atoms in total. The topological polar surface area (TPSA) is 58.5 Å². The van der Waals surface area contributed by atoms with Crippen molar-refractivity contribution in [2.45, 2.75) is 19.9 Å². The maximum Gasteiger partial charge on any atom is 0.246 e. The highest BCUT2D eigenvalue weighted by Gasteiger charge is 2.29. The van der Waals surface area contributed by atoms with Crippen LogP contribution in [0.2, 0.25) is 0 Å². The molecule has 3 heterocycles. The van der Waals surface area contributed by atoms with Crippen molar-refractivity contribution in [3.8, 4) is 5.69 Å². The Hall–Kier alpha value is -2.90. The van der Waals surface area contributed by atoms with Crippen LogP contribution in [0, 0.1) is 13.8 Å². The zero-order valence-electron chi connectivity index (χ0n) is 17.6. The van der Waals surface area contributed by atoms with Gasteiger partial charge in [0.15, 0.2) is 0 Å². The number of nitrogens with zero attached hydrogens (tertiary/aromatic N) is 5. The lowest BCUT2D eigenvalue weighted by Crippen LogP contribution is -2.56. The highest BCUT2D eigenvalue weighted by molar-refractivity contribution is 5.64. The van der Waals surface area contributed by atoms with E-state index in [9.17, 15) is 0 Å². The predicted octanol–water partition coefficient (Wildman–Crippen LogP) is 3.39. The number of hydrogen-bond acceptors (Lipinski definition) is 6. The second-order valence-electron chi connectivity index (χ2n) is 8.24. The minimum absolute atomic E-state index is 0. The molecule has 0 bridgehead atoms. The molecule has 3 aromatic rings. The molecular weight excluding hydrogens is 376 g/mol. The van der Waals surface area contributed by atoms with E-state index in [-0.39, 0.29) is 1.43 Å². The standard InChI is InChI=1S/C23H28N6O.H2/c1-17-3-5-20(6-4-17)29-16-24-23(26-29)25-19-11-18(2)12-21(13-19)27-7-9-28(10-8-27)22-14-30-15-22;/h3-6,11-13,16,22H,7-10,14-15H2,1-2H3,(H,25,26);1H. The number of anilines is 3. The molecule has 0 amide bonds. The van der Waals surface area contributed by atoms with Gasteiger partial charge in [-0.25, -0.2) is 4.68 Å². The van der Waals surface area contributed by atoms with E-state index in [0.717, 1.165) is 50.8 Å². The van der Waals surface area contributed by atoms with Crippen molar-refractivity contribution in [2.24, 2.45) is 0 Å². The molecule has 0 atom stereocenters. The van der Waals surface area contributed by atoms with Crippen LogP contribution in [0.3, 0.4) is 0 Å². The van der Waals surface area contributed by atoms with Crippen molar-refractivity contribution in [3.63, 3.8) is 0 Å². The van der Waals surface area contributed by atoms with Gasteiger partial charge in [0.2, 0.25) is 5.95 Å². The van der Waals surface area contributed by atoms with E-state index in [0.29, 0.717) is 12.0 Å². The van der Waals surface area contributed by atoms with E-state index < -0.39 is 0 Å². The van der Waals surface area contributed by atoms with Crippen LogP contribution >= 0.6 is 0 Å². The van der Waals surface area contributed by atoms with Crippen LogP contribution in [0.5, 0.6) is 0 Å². The number of aryl methyl sites for hydroxylation is 2. The highest BCUT2D eigenvalue weighted by Crippen LogP contribution is 2.26. The van der Waals surface area contributed by atoms with Crippen LogP contribution in [0.4, 0.5) is 17.3 Å². The molecule has 0 unspecified atom stereocenters. The summed E-state index contributed by atoms with van der Waals surface area (Å²) in [4.78, 5) is 9.45. The first-order valence-corrected chi connectivity index (χ1v) is 10.6. The van der Waals surface area contributed by atoms with Crippen LogP contribution in [-0.4, -0.2) is 65.1 Å². The van der Waals surface area contributed by atoms with Crippen LogP contribution in [0.1, 0.15) is 12.6 Å². The lowest BCUT2D eigenvalue weighted by molar-refractivity contribution is -0.0660. The summed E-state index contributed by atoms with van der Waals surface area (Å²) < 4.78 is 7.14. The maximum atomic E-state index is 5.35. The van der Waals surface area contributed by atoms with Gasteiger partial charge in [-0.1, -0.05) is 17.7 Å². The molecule has 2 saturated heterocycles. The summed E-state index contributed by atoms with van der Waals surface area (Å²) >= 11 is 0. The summed E-state index contributed by atoms with van der Waals surface area (Å²) in [6.45, 7) is 10.3. The van der Waals surface area contributed by atoms with E-state index in [1.54, 1.807) is 11.0 Å². The van der Waals surface area contributed by atoms with Crippen LogP contribution < -0.4 is 10.2 Å². The average Bonchev–Trinajstić information content (AvgIpc) is 3.16. The van der Waals surface area contributed by atoms with Gasteiger partial charge in [-0.2, -0.15) is 4.98 Å². The van der Waals surface area contributed by atoms with Crippen molar-refractivity contribution >= 4 is 17.3 Å². The summed E-state index contributed by atoms with van der Waals surface area (Å²) in [5, 5.41) is 7.96. The average molecular weight is 407 g/mol. The Morgan fingerprint density at radius 1 is 0.933 bits per heavy atom. The largest absolute Gasteiger partial charge is 0.378 e. The molecule has 0 radical (unpaired) electrons. The molecule has 2 aliphatic heterocycles. The fourth-order valence-corrected chi connectivity index (χ4v) is 4.07. The van der Waals surface area contributed by atoms with E-state index in [2.05, 4.69) is 69.4 Å². The van der Waals surface area contributed by atoms with Crippen molar-refractivity contribution in [1.29, 1.82) is 0 Å². The van der Waals surface area contributed by atoms with Crippen molar-refractivity contribution in [3.05, 3.63) is 59.9 Å². The van der Waals surface area contributed by atoms with Crippen molar-refractivity contribution in [1.82, 2.24) is 19.7 Å². The Labute approximate surface area is 178 Å². The second kappa shape index (κ2) is 8.08. The number of piperazine rings is 1. The van der Waals surface area contributed by atoms with Crippen molar-refractivity contribution < 1.29 is 6.16 Å². The fraction of sp³-hybridized carbons (Fsp3) is 0.391. The number of aromatic nitrogens is 3. The van der Waals surface area contributed by atoms with E-state index >= 15 is 0 Å². The molecule has 1 aromatic heterocycles. The maximum absolute atomic E-state index is 5.35. The predicted molar refractivity (Wildman–Crippen MR) is 121 cm³/mol. The summed E-state index contributed by atoms with van der Waals surface area (Å²) in [7, 11) is 0. The quantitative estimate of drug-likeness (QED) is 0.701. The Balaban J connectivity index is 0.00000231. The van der Waals surface area contributed by atoms with Crippen LogP contribution in [0.15, 0.2) is 48.8 Å². The Kier molecular flexibility index (Phi) is 5.14. The fourth-order valence-electron chi connectivity index (χ4n) is 4.07. The van der Waals surface area contributed by atoms with Gasteiger partial charge in [0.05, 0.1) is 24.9 Å². The molecule has 158 valence electrons. The minimum atomic E-state index is 0. The van der Waals surface area contributed by atoms with Crippen LogP contribution in [-0.2, 0) is 4.74 Å². The zero-order valence-corrected chi connectivity index (χ0v) is 17.6. The van der Waals surface area contributed by atoms with Gasteiger partial charge in [-0.3, -0.25) is 4.90 Å². The molecule has 1 N–H and O–H groups in total. The second-order valence-corrected chi connectivity index (χ2v) is 8.24. The Morgan fingerprint density at radius 3 is 2.40 bits per heavy atom. The SMILES string of the molecule is Cc1ccc(-n2cnc(Nc3cc(C)cc(N4CCN(C5COC5)CC4)c3)n2)cc1.[HH]. The van der Waals surface area contributed by atoms with Gasteiger partial charge < -0.3 is 15.0 Å². The van der Waals surface area contributed by atoms with Gasteiger partial charge in [-0.05, 0) is 49.7 Å². The highest BCUT2D eigenvalue weighted by atomic mass is 16.5. The molecular formula is C23H30N6O. The summed E-state index contributed by atoms with van der Waals surface area (Å²) in [6.07, 6.45) is 1.74. The molecule has 30 heavy (non-hydrogen) atoms. The molecule has 2 aromatic carbocycles. The first-order valence-electron chi connectivity index (χ1n) is 10.6. The molecule has 5 rings (SSSR count). The van der Waals surface area contributed by atoms with Gasteiger partial charge in [0.1, 0.15) is 6.33 Å². The molecule has 2 fully saturated rings. The van der Waals surface area contributed by atoms with Gasteiger partial charge >= 0.3 is 0 Å². The Bertz CT molecular complexity index is 1010. The Morgan fingerprint density at radius 2 is 1.70 bits per heavy atom. The third-order valence-electron chi connectivity index (χ3n) is 5.92. The third-order valence-corrected chi connectivity index (χ3v) is 5.92. The molecule has 0 aliphatic carbocycles. The zero-order chi connectivity index (χ0) is 20.5. The molecule has 0 spiro atoms. The number of benzene rings is 2. The monoisotopic (exact) mass is 406 g/mol. The third kappa shape index (κ3) is 4.04. The first-order chi connectivity index (χ1) is 14.6. The molecule has 2 aliphatic rings. The smallest absolute Gasteiger partial charge is 0.246 e. The first kappa shape index (κ1) is 19.1. The van der Waals surface area contributed by atoms with Crippen LogP contribution in [0.25, 0.3) is 5.69 Å². The summed E-state index contributed by atoms with van der Waals surface area (Å²) in [6, 6.07) is 15.5. The van der Waals surface area contributed by atoms with E-state index in [1.165, 1.54) is 16.8 Å². The lowest BCUT2D eigenvalue weighted by Gasteiger charge is -2.43. The lowest BCUT2D eigenvalue weighted by atomic mass is 10.1. The number of hydrogen-bond donors (Lipinski definition) is 1. The molecule has 0 saturated carbocycles. The van der Waals surface area contributed by atoms with E-state index in [4.69, 9.17) is 4.74 Å². The van der Waals surface area contributed by atoms with Crippen molar-refractivity contribution in [2.75, 3.05) is 49.6 Å². The summed E-state index contributed by atoms with van der Waals surface area (Å²) in [5.74, 6) is 0.599. The number of nitrogens with one attached hydrogen (secondary N) is 1. The number of ether oxygens (including phenoxy) is 1. The molecule has 7 heteroatoms. The normalized spacial score (nSPS) is 17.7. The number of rotatable bonds is 5. The van der Waals surface area contributed by atoms with Gasteiger partial charge in [0, 0.05) is 39.0 Å². The minimum Gasteiger partial charge on any atom is -0.378 e. The summed E-state index contributed by atoms with van der Waals surface area (Å²) in [5.41, 5.74) is 5.72. The van der Waals surface area contributed by atoms with E-state index in [1.807, 2.05) is 12.1 Å². The van der Waals surface area contributed by atoms with Gasteiger partial charge in [-0.15, -0.1) is 5.10 Å². The van der Waals surface area contributed by atoms with Gasteiger partial charge in [0.25, 0.3) is 0 Å².